The normalized spacial score (nSPS) is 15.2. The molecule has 2 aliphatic heterocycles. The van der Waals surface area contributed by atoms with Crippen LogP contribution in [0.4, 0.5) is 0 Å². The molecule has 0 spiro atoms. The van der Waals surface area contributed by atoms with Crippen molar-refractivity contribution in [1.82, 2.24) is 0 Å². The standard InChI is InChI=1S/C25H16O6/c26-24-19-11-10-18(30-25(27)17-9-12-20-23(13-17)29-15-28-20)14-22(19)31-21(24)8-4-7-16-5-2-1-3-6-16/h1-14H,15H2/b7-4+,21-8-. The van der Waals surface area contributed by atoms with Crippen LogP contribution in [-0.2, 0) is 0 Å². The monoisotopic (exact) mass is 412 g/mol. The lowest BCUT2D eigenvalue weighted by molar-refractivity contribution is 0.0734. The summed E-state index contributed by atoms with van der Waals surface area (Å²) >= 11 is 0. The first-order valence-electron chi connectivity index (χ1n) is 9.59. The van der Waals surface area contributed by atoms with E-state index in [0.29, 0.717) is 28.4 Å². The molecule has 0 atom stereocenters. The van der Waals surface area contributed by atoms with Crippen molar-refractivity contribution < 1.29 is 28.5 Å². The summed E-state index contributed by atoms with van der Waals surface area (Å²) in [5, 5.41) is 0. The Balaban J connectivity index is 1.30. The highest BCUT2D eigenvalue weighted by molar-refractivity contribution is 6.12. The molecule has 0 aliphatic carbocycles. The van der Waals surface area contributed by atoms with Crippen molar-refractivity contribution in [2.24, 2.45) is 0 Å². The van der Waals surface area contributed by atoms with E-state index in [1.54, 1.807) is 42.5 Å². The Labute approximate surface area is 177 Å². The van der Waals surface area contributed by atoms with Gasteiger partial charge >= 0.3 is 5.97 Å². The fourth-order valence-electron chi connectivity index (χ4n) is 3.25. The number of benzene rings is 3. The van der Waals surface area contributed by atoms with Gasteiger partial charge in [0.15, 0.2) is 17.3 Å². The molecule has 3 aromatic rings. The van der Waals surface area contributed by atoms with Crippen LogP contribution in [0.5, 0.6) is 23.0 Å². The molecule has 0 fully saturated rings. The van der Waals surface area contributed by atoms with E-state index in [0.717, 1.165) is 5.56 Å². The molecule has 2 heterocycles. The molecule has 31 heavy (non-hydrogen) atoms. The zero-order valence-corrected chi connectivity index (χ0v) is 16.2. The van der Waals surface area contributed by atoms with Crippen molar-refractivity contribution in [2.75, 3.05) is 6.79 Å². The molecule has 6 nitrogen and oxygen atoms in total. The second-order valence-corrected chi connectivity index (χ2v) is 6.85. The number of hydrogen-bond donors (Lipinski definition) is 0. The molecule has 0 saturated heterocycles. The fraction of sp³-hybridized carbons (Fsp3) is 0.0400. The number of rotatable bonds is 4. The van der Waals surface area contributed by atoms with Crippen molar-refractivity contribution in [3.05, 3.63) is 101 Å². The maximum Gasteiger partial charge on any atom is 0.343 e. The van der Waals surface area contributed by atoms with Crippen LogP contribution in [-0.4, -0.2) is 18.5 Å². The third-order valence-corrected chi connectivity index (χ3v) is 4.80. The van der Waals surface area contributed by atoms with Crippen LogP contribution in [0.3, 0.4) is 0 Å². The quantitative estimate of drug-likeness (QED) is 0.348. The van der Waals surface area contributed by atoms with Crippen LogP contribution >= 0.6 is 0 Å². The second kappa shape index (κ2) is 7.84. The number of fused-ring (bicyclic) bond motifs is 2. The lowest BCUT2D eigenvalue weighted by atomic mass is 10.1. The molecular formula is C25H16O6. The molecule has 0 radical (unpaired) electrons. The van der Waals surface area contributed by atoms with Gasteiger partial charge in [0.2, 0.25) is 12.6 Å². The molecule has 0 bridgehead atoms. The van der Waals surface area contributed by atoms with Gasteiger partial charge in [-0.15, -0.1) is 0 Å². The van der Waals surface area contributed by atoms with E-state index in [4.69, 9.17) is 18.9 Å². The largest absolute Gasteiger partial charge is 0.454 e. The first kappa shape index (κ1) is 18.7. The molecule has 0 amide bonds. The van der Waals surface area contributed by atoms with Gasteiger partial charge in [-0.1, -0.05) is 42.5 Å². The van der Waals surface area contributed by atoms with Gasteiger partial charge in [-0.05, 0) is 42.0 Å². The lowest BCUT2D eigenvalue weighted by Gasteiger charge is -2.06. The summed E-state index contributed by atoms with van der Waals surface area (Å²) in [5.41, 5.74) is 1.76. The van der Waals surface area contributed by atoms with Gasteiger partial charge in [0, 0.05) is 6.07 Å². The minimum Gasteiger partial charge on any atom is -0.454 e. The highest BCUT2D eigenvalue weighted by Crippen LogP contribution is 2.35. The maximum absolute atomic E-state index is 12.5. The van der Waals surface area contributed by atoms with Gasteiger partial charge in [-0.25, -0.2) is 4.79 Å². The predicted molar refractivity (Wildman–Crippen MR) is 112 cm³/mol. The Morgan fingerprint density at radius 3 is 2.61 bits per heavy atom. The average molecular weight is 412 g/mol. The average Bonchev–Trinajstić information content (AvgIpc) is 3.38. The topological polar surface area (TPSA) is 71.1 Å². The van der Waals surface area contributed by atoms with E-state index < -0.39 is 5.97 Å². The summed E-state index contributed by atoms with van der Waals surface area (Å²) in [5.74, 6) is 1.14. The number of carbonyl (C=O) groups excluding carboxylic acids is 2. The Morgan fingerprint density at radius 1 is 0.903 bits per heavy atom. The van der Waals surface area contributed by atoms with E-state index in [-0.39, 0.29) is 24.1 Å². The van der Waals surface area contributed by atoms with Crippen molar-refractivity contribution >= 4 is 17.8 Å². The smallest absolute Gasteiger partial charge is 0.343 e. The predicted octanol–water partition coefficient (Wildman–Crippen LogP) is 4.81. The van der Waals surface area contributed by atoms with Crippen LogP contribution < -0.4 is 18.9 Å². The minimum atomic E-state index is -0.552. The van der Waals surface area contributed by atoms with Crippen molar-refractivity contribution in [2.45, 2.75) is 0 Å². The third-order valence-electron chi connectivity index (χ3n) is 4.80. The molecular weight excluding hydrogens is 396 g/mol. The van der Waals surface area contributed by atoms with Gasteiger partial charge < -0.3 is 18.9 Å². The third kappa shape index (κ3) is 3.79. The lowest BCUT2D eigenvalue weighted by Crippen LogP contribution is -2.08. The fourth-order valence-corrected chi connectivity index (χ4v) is 3.25. The number of allylic oxidation sites excluding steroid dienone is 3. The maximum atomic E-state index is 12.5. The van der Waals surface area contributed by atoms with Crippen LogP contribution in [0, 0.1) is 0 Å². The summed E-state index contributed by atoms with van der Waals surface area (Å²) in [7, 11) is 0. The van der Waals surface area contributed by atoms with Gasteiger partial charge in [-0.3, -0.25) is 4.79 Å². The highest BCUT2D eigenvalue weighted by atomic mass is 16.7. The molecule has 0 N–H and O–H groups in total. The number of esters is 1. The molecule has 0 unspecified atom stereocenters. The van der Waals surface area contributed by atoms with E-state index in [1.165, 1.54) is 6.07 Å². The molecule has 3 aromatic carbocycles. The first-order valence-corrected chi connectivity index (χ1v) is 9.59. The van der Waals surface area contributed by atoms with Gasteiger partial charge in [0.1, 0.15) is 11.5 Å². The molecule has 0 saturated carbocycles. The van der Waals surface area contributed by atoms with E-state index in [9.17, 15) is 9.59 Å². The van der Waals surface area contributed by atoms with Gasteiger partial charge in [0.25, 0.3) is 0 Å². The van der Waals surface area contributed by atoms with Crippen molar-refractivity contribution in [1.29, 1.82) is 0 Å². The second-order valence-electron chi connectivity index (χ2n) is 6.85. The van der Waals surface area contributed by atoms with Crippen LogP contribution in [0.1, 0.15) is 26.3 Å². The Kier molecular flexibility index (Phi) is 4.72. The van der Waals surface area contributed by atoms with E-state index >= 15 is 0 Å². The molecule has 6 heteroatoms. The molecule has 0 aromatic heterocycles. The van der Waals surface area contributed by atoms with E-state index in [2.05, 4.69) is 0 Å². The van der Waals surface area contributed by atoms with Crippen LogP contribution in [0.25, 0.3) is 6.08 Å². The number of ketones is 1. The van der Waals surface area contributed by atoms with Crippen LogP contribution in [0.15, 0.2) is 84.6 Å². The van der Waals surface area contributed by atoms with Gasteiger partial charge in [0.05, 0.1) is 11.1 Å². The van der Waals surface area contributed by atoms with Crippen LogP contribution in [0.2, 0.25) is 0 Å². The number of hydrogen-bond acceptors (Lipinski definition) is 6. The minimum absolute atomic E-state index is 0.125. The zero-order valence-electron chi connectivity index (χ0n) is 16.2. The first-order chi connectivity index (χ1) is 15.2. The number of Topliss-reactive ketones (excluding diaryl/α,β-unsaturated/α-hetero) is 1. The number of carbonyl (C=O) groups is 2. The molecule has 152 valence electrons. The Bertz CT molecular complexity index is 1240. The zero-order chi connectivity index (χ0) is 21.2. The highest BCUT2D eigenvalue weighted by Gasteiger charge is 2.27. The van der Waals surface area contributed by atoms with Crippen molar-refractivity contribution in [3.63, 3.8) is 0 Å². The summed E-state index contributed by atoms with van der Waals surface area (Å²) in [6.45, 7) is 0.125. The molecule has 5 rings (SSSR count). The van der Waals surface area contributed by atoms with Crippen molar-refractivity contribution in [3.8, 4) is 23.0 Å². The summed E-state index contributed by atoms with van der Waals surface area (Å²) < 4.78 is 21.6. The summed E-state index contributed by atoms with van der Waals surface area (Å²) in [6.07, 6.45) is 5.26. The summed E-state index contributed by atoms with van der Waals surface area (Å²) in [4.78, 5) is 25.0. The Hall–Kier alpha value is -4.32. The summed E-state index contributed by atoms with van der Waals surface area (Å²) in [6, 6.07) is 19.2. The number of ether oxygens (including phenoxy) is 4. The Morgan fingerprint density at radius 2 is 1.74 bits per heavy atom. The SMILES string of the molecule is O=C(Oc1ccc2c(c1)O/C(=C\C=C\c1ccccc1)C2=O)c1ccc2c(c1)OCO2. The van der Waals surface area contributed by atoms with Gasteiger partial charge in [-0.2, -0.15) is 0 Å². The van der Waals surface area contributed by atoms with E-state index in [1.807, 2.05) is 36.4 Å². The molecule has 2 aliphatic rings.